The highest BCUT2D eigenvalue weighted by Gasteiger charge is 2.42. The third-order valence-electron chi connectivity index (χ3n) is 1.22. The van der Waals surface area contributed by atoms with E-state index in [1.807, 2.05) is 0 Å². The number of alkyl halides is 3. The molecule has 1 unspecified atom stereocenters. The molecule has 10 heavy (non-hydrogen) atoms. The van der Waals surface area contributed by atoms with Gasteiger partial charge in [0, 0.05) is 0 Å². The summed E-state index contributed by atoms with van der Waals surface area (Å²) >= 11 is 1.06. The van der Waals surface area contributed by atoms with Crippen LogP contribution in [0.4, 0.5) is 13.2 Å². The molecule has 0 amide bonds. The van der Waals surface area contributed by atoms with Crippen molar-refractivity contribution in [1.29, 1.82) is 0 Å². The molecule has 0 spiro atoms. The van der Waals surface area contributed by atoms with Gasteiger partial charge < -0.3 is 0 Å². The molecule has 1 aliphatic heterocycles. The summed E-state index contributed by atoms with van der Waals surface area (Å²) in [7, 11) is 1.42. The third kappa shape index (κ3) is 1.46. The van der Waals surface area contributed by atoms with E-state index in [4.69, 9.17) is 0 Å². The van der Waals surface area contributed by atoms with Gasteiger partial charge in [-0.1, -0.05) is 0 Å². The maximum Gasteiger partial charge on any atom is 0.408 e. The van der Waals surface area contributed by atoms with Crippen molar-refractivity contribution in [3.05, 3.63) is 11.5 Å². The molecule has 0 aromatic rings. The fourth-order valence-corrected chi connectivity index (χ4v) is 1.44. The minimum atomic E-state index is -4.13. The van der Waals surface area contributed by atoms with Gasteiger partial charge in [0.25, 0.3) is 0 Å². The van der Waals surface area contributed by atoms with E-state index in [1.165, 1.54) is 16.8 Å². The number of halogens is 3. The molecule has 0 saturated carbocycles. The van der Waals surface area contributed by atoms with Gasteiger partial charge >= 0.3 is 6.18 Å². The van der Waals surface area contributed by atoms with Crippen molar-refractivity contribution < 1.29 is 13.2 Å². The smallest absolute Gasteiger partial charge is 0.234 e. The van der Waals surface area contributed by atoms with Crippen LogP contribution in [0.3, 0.4) is 0 Å². The molecule has 0 aromatic carbocycles. The van der Waals surface area contributed by atoms with Gasteiger partial charge in [-0.25, -0.2) is 4.31 Å². The topological polar surface area (TPSA) is 3.24 Å². The van der Waals surface area contributed by atoms with Crippen molar-refractivity contribution in [2.75, 3.05) is 7.05 Å². The van der Waals surface area contributed by atoms with Gasteiger partial charge in [0.2, 0.25) is 0 Å². The van der Waals surface area contributed by atoms with E-state index in [2.05, 4.69) is 0 Å². The molecule has 0 fully saturated rings. The molecule has 0 aliphatic carbocycles. The Morgan fingerprint density at radius 1 is 1.50 bits per heavy atom. The molecule has 0 radical (unpaired) electrons. The second kappa shape index (κ2) is 2.47. The predicted molar refractivity (Wildman–Crippen MR) is 34.3 cm³/mol. The minimum absolute atomic E-state index is 1.06. The first-order valence-corrected chi connectivity index (χ1v) is 3.48. The number of rotatable bonds is 0. The van der Waals surface area contributed by atoms with Gasteiger partial charge in [-0.15, -0.1) is 0 Å². The predicted octanol–water partition coefficient (Wildman–Crippen LogP) is 2.02. The van der Waals surface area contributed by atoms with E-state index < -0.39 is 12.2 Å². The van der Waals surface area contributed by atoms with Crippen LogP contribution in [0, 0.1) is 0 Å². The van der Waals surface area contributed by atoms with Crippen molar-refractivity contribution in [1.82, 2.24) is 4.31 Å². The van der Waals surface area contributed by atoms with E-state index in [1.54, 1.807) is 0 Å². The lowest BCUT2D eigenvalue weighted by molar-refractivity contribution is -0.154. The molecule has 1 heterocycles. The zero-order valence-corrected chi connectivity index (χ0v) is 6.04. The van der Waals surface area contributed by atoms with Crippen LogP contribution in [0.25, 0.3) is 0 Å². The number of nitrogens with zero attached hydrogens (tertiary/aromatic N) is 1. The maximum absolute atomic E-state index is 11.9. The average molecular weight is 169 g/mol. The summed E-state index contributed by atoms with van der Waals surface area (Å²) in [5, 5.41) is 1.44. The SMILES string of the molecule is CN1SC=CC1C(F)(F)F. The lowest BCUT2D eigenvalue weighted by atomic mass is 10.3. The Morgan fingerprint density at radius 3 is 2.30 bits per heavy atom. The van der Waals surface area contributed by atoms with Crippen LogP contribution in [0.1, 0.15) is 0 Å². The fourth-order valence-electron chi connectivity index (χ4n) is 0.708. The highest BCUT2D eigenvalue weighted by Crippen LogP contribution is 2.33. The summed E-state index contributed by atoms with van der Waals surface area (Å²) < 4.78 is 36.9. The van der Waals surface area contributed by atoms with Crippen LogP contribution in [0.15, 0.2) is 11.5 Å². The monoisotopic (exact) mass is 169 g/mol. The lowest BCUT2D eigenvalue weighted by Crippen LogP contribution is -2.35. The Hall–Kier alpha value is -0.160. The van der Waals surface area contributed by atoms with Crippen LogP contribution >= 0.6 is 11.9 Å². The van der Waals surface area contributed by atoms with Crippen molar-refractivity contribution in [3.8, 4) is 0 Å². The van der Waals surface area contributed by atoms with E-state index in [0.29, 0.717) is 0 Å². The van der Waals surface area contributed by atoms with Crippen LogP contribution in [-0.2, 0) is 0 Å². The van der Waals surface area contributed by atoms with Gasteiger partial charge in [-0.2, -0.15) is 13.2 Å². The first-order chi connectivity index (χ1) is 4.52. The van der Waals surface area contributed by atoms with Crippen LogP contribution in [0.5, 0.6) is 0 Å². The highest BCUT2D eigenvalue weighted by molar-refractivity contribution is 8.00. The molecule has 1 atom stereocenters. The average Bonchev–Trinajstić information content (AvgIpc) is 2.11. The number of hydrogen-bond donors (Lipinski definition) is 0. The van der Waals surface area contributed by atoms with Gasteiger partial charge in [0.05, 0.1) is 0 Å². The summed E-state index contributed by atoms with van der Waals surface area (Å²) in [5.74, 6) is 0. The summed E-state index contributed by atoms with van der Waals surface area (Å²) in [6.07, 6.45) is -2.99. The molecule has 0 bridgehead atoms. The summed E-state index contributed by atoms with van der Waals surface area (Å²) in [6.45, 7) is 0. The first kappa shape index (κ1) is 7.94. The van der Waals surface area contributed by atoms with Gasteiger partial charge in [0.1, 0.15) is 6.04 Å². The quantitative estimate of drug-likeness (QED) is 0.510. The molecule has 1 rings (SSSR count). The van der Waals surface area contributed by atoms with Crippen molar-refractivity contribution in [3.63, 3.8) is 0 Å². The molecule has 0 aromatic heterocycles. The van der Waals surface area contributed by atoms with Crippen molar-refractivity contribution in [2.24, 2.45) is 0 Å². The number of hydrogen-bond acceptors (Lipinski definition) is 2. The molecule has 0 saturated heterocycles. The Bertz CT molecular complexity index is 153. The van der Waals surface area contributed by atoms with Crippen LogP contribution in [-0.4, -0.2) is 23.6 Å². The summed E-state index contributed by atoms with van der Waals surface area (Å²) in [4.78, 5) is 0. The summed E-state index contributed by atoms with van der Waals surface area (Å²) in [5.41, 5.74) is 0. The lowest BCUT2D eigenvalue weighted by Gasteiger charge is -2.19. The largest absolute Gasteiger partial charge is 0.408 e. The molecule has 0 N–H and O–H groups in total. The van der Waals surface area contributed by atoms with Gasteiger partial charge in [0.15, 0.2) is 0 Å². The van der Waals surface area contributed by atoms with Crippen LogP contribution in [0.2, 0.25) is 0 Å². The maximum atomic E-state index is 11.9. The van der Waals surface area contributed by atoms with Crippen LogP contribution < -0.4 is 0 Å². The molecule has 1 nitrogen and oxygen atoms in total. The Morgan fingerprint density at radius 2 is 2.10 bits per heavy atom. The fraction of sp³-hybridized carbons (Fsp3) is 0.600. The minimum Gasteiger partial charge on any atom is -0.234 e. The Labute approximate surface area is 61.0 Å². The normalized spacial score (nSPS) is 27.8. The highest BCUT2D eigenvalue weighted by atomic mass is 32.2. The summed E-state index contributed by atoms with van der Waals surface area (Å²) in [6, 6.07) is -1.41. The molecule has 1 aliphatic rings. The van der Waals surface area contributed by atoms with E-state index >= 15 is 0 Å². The van der Waals surface area contributed by atoms with E-state index in [-0.39, 0.29) is 0 Å². The third-order valence-corrected chi connectivity index (χ3v) is 2.05. The molecule has 5 heteroatoms. The zero-order chi connectivity index (χ0) is 7.78. The second-order valence-electron chi connectivity index (χ2n) is 1.97. The molecular formula is C5H6F3NS. The van der Waals surface area contributed by atoms with E-state index in [9.17, 15) is 13.2 Å². The van der Waals surface area contributed by atoms with Crippen molar-refractivity contribution >= 4 is 11.9 Å². The van der Waals surface area contributed by atoms with Gasteiger partial charge in [-0.3, -0.25) is 0 Å². The standard InChI is InChI=1S/C5H6F3NS/c1-9-4(2-3-10-9)5(6,7)8/h2-4H,1H3. The van der Waals surface area contributed by atoms with Gasteiger partial charge in [-0.05, 0) is 30.5 Å². The van der Waals surface area contributed by atoms with Crippen molar-refractivity contribution in [2.45, 2.75) is 12.2 Å². The second-order valence-corrected chi connectivity index (χ2v) is 3.03. The molecule has 58 valence electrons. The number of likely N-dealkylation sites (N-methyl/N-ethyl adjacent to an activating group) is 1. The Balaban J connectivity index is 2.64. The Kier molecular flexibility index (Phi) is 1.96. The molecular weight excluding hydrogens is 163 g/mol. The zero-order valence-electron chi connectivity index (χ0n) is 5.22. The first-order valence-electron chi connectivity index (χ1n) is 2.65. The van der Waals surface area contributed by atoms with E-state index in [0.717, 1.165) is 18.0 Å².